The Kier molecular flexibility index (Phi) is 1.77. The Morgan fingerprint density at radius 3 is 2.80 bits per heavy atom. The molecule has 0 bridgehead atoms. The maximum absolute atomic E-state index is 4.71. The smallest absolute Gasteiger partial charge is 0.145 e. The van der Waals surface area contributed by atoms with Crippen molar-refractivity contribution in [3.63, 3.8) is 0 Å². The first-order chi connectivity index (χ1) is 9.84. The van der Waals surface area contributed by atoms with Gasteiger partial charge in [-0.3, -0.25) is 4.40 Å². The average molecular weight is 258 g/mol. The molecule has 0 saturated heterocycles. The van der Waals surface area contributed by atoms with Crippen LogP contribution in [0, 0.1) is 6.92 Å². The van der Waals surface area contributed by atoms with E-state index >= 15 is 0 Å². The number of fused-ring (bicyclic) bond motifs is 3. The van der Waals surface area contributed by atoms with Gasteiger partial charge in [0.2, 0.25) is 0 Å². The van der Waals surface area contributed by atoms with E-state index < -0.39 is 0 Å². The van der Waals surface area contributed by atoms with Gasteiger partial charge >= 0.3 is 0 Å². The van der Waals surface area contributed by atoms with Crippen LogP contribution in [0.25, 0.3) is 27.3 Å². The number of para-hydroxylation sites is 1. The Labute approximate surface area is 116 Å². The zero-order valence-corrected chi connectivity index (χ0v) is 11.4. The van der Waals surface area contributed by atoms with Crippen molar-refractivity contribution in [2.24, 2.45) is 0 Å². The van der Waals surface area contributed by atoms with E-state index in [4.69, 9.17) is 4.98 Å². The molecule has 1 aliphatic heterocycles. The number of hydrogen-bond acceptors (Lipinski definition) is 1. The van der Waals surface area contributed by atoms with Crippen LogP contribution in [0.5, 0.6) is 0 Å². The largest absolute Gasteiger partial charge is 0.296 e. The van der Waals surface area contributed by atoms with E-state index in [0.717, 1.165) is 18.5 Å². The number of aromatic nitrogens is 2. The van der Waals surface area contributed by atoms with E-state index in [1.165, 1.54) is 38.5 Å². The predicted molar refractivity (Wildman–Crippen MR) is 82.3 cm³/mol. The monoisotopic (exact) mass is 258 g/mol. The summed E-state index contributed by atoms with van der Waals surface area (Å²) in [6.45, 7) is 2.20. The third-order valence-corrected chi connectivity index (χ3v) is 4.61. The maximum atomic E-state index is 4.71. The molecule has 2 nitrogen and oxygen atoms in total. The fraction of sp³-hybridized carbons (Fsp3) is 0.167. The third-order valence-electron chi connectivity index (χ3n) is 4.61. The summed E-state index contributed by atoms with van der Waals surface area (Å²) in [5, 5.41) is 3.99. The van der Waals surface area contributed by atoms with Gasteiger partial charge in [0, 0.05) is 22.7 Å². The van der Waals surface area contributed by atoms with Gasteiger partial charge in [-0.1, -0.05) is 36.4 Å². The molecule has 2 aromatic carbocycles. The summed E-state index contributed by atoms with van der Waals surface area (Å²) in [5.74, 6) is 0. The second kappa shape index (κ2) is 3.40. The SMILES string of the molecule is Cc1cccc2c1c1cccc3c1n1c(cnc21)CC3. The lowest BCUT2D eigenvalue weighted by Crippen LogP contribution is -2.07. The van der Waals surface area contributed by atoms with Crippen molar-refractivity contribution >= 4 is 27.3 Å². The molecule has 3 heterocycles. The molecule has 0 aliphatic carbocycles. The van der Waals surface area contributed by atoms with Crippen LogP contribution in [0.1, 0.15) is 16.8 Å². The van der Waals surface area contributed by atoms with E-state index in [-0.39, 0.29) is 0 Å². The van der Waals surface area contributed by atoms with Crippen LogP contribution in [0.3, 0.4) is 0 Å². The van der Waals surface area contributed by atoms with Crippen LogP contribution in [0.4, 0.5) is 0 Å². The number of imidazole rings is 1. The summed E-state index contributed by atoms with van der Waals surface area (Å²) < 4.78 is 2.37. The van der Waals surface area contributed by atoms with Crippen molar-refractivity contribution in [3.05, 3.63) is 59.4 Å². The topological polar surface area (TPSA) is 17.3 Å². The lowest BCUT2D eigenvalue weighted by molar-refractivity contribution is 0.877. The summed E-state index contributed by atoms with van der Waals surface area (Å²) in [6, 6.07) is 13.2. The van der Waals surface area contributed by atoms with Gasteiger partial charge in [-0.05, 0) is 36.3 Å². The molecule has 0 spiro atoms. The number of pyridine rings is 1. The fourth-order valence-electron chi connectivity index (χ4n) is 3.74. The Balaban J connectivity index is 2.27. The molecular formula is C18H14N2. The van der Waals surface area contributed by atoms with E-state index in [2.05, 4.69) is 47.7 Å². The van der Waals surface area contributed by atoms with Crippen LogP contribution in [0.2, 0.25) is 0 Å². The first-order valence-corrected chi connectivity index (χ1v) is 7.14. The van der Waals surface area contributed by atoms with Gasteiger partial charge in [0.1, 0.15) is 5.65 Å². The zero-order chi connectivity index (χ0) is 13.3. The van der Waals surface area contributed by atoms with E-state index in [9.17, 15) is 0 Å². The molecule has 96 valence electrons. The lowest BCUT2D eigenvalue weighted by atomic mass is 9.95. The van der Waals surface area contributed by atoms with Crippen molar-refractivity contribution in [3.8, 4) is 0 Å². The quantitative estimate of drug-likeness (QED) is 0.435. The molecule has 0 unspecified atom stereocenters. The summed E-state index contributed by atoms with van der Waals surface area (Å²) in [7, 11) is 0. The highest BCUT2D eigenvalue weighted by Crippen LogP contribution is 2.35. The number of rotatable bonds is 0. The molecule has 0 saturated carbocycles. The van der Waals surface area contributed by atoms with Crippen LogP contribution >= 0.6 is 0 Å². The van der Waals surface area contributed by atoms with E-state index in [1.807, 2.05) is 6.20 Å². The number of nitrogens with zero attached hydrogens (tertiary/aromatic N) is 2. The van der Waals surface area contributed by atoms with Crippen LogP contribution in [-0.4, -0.2) is 9.38 Å². The number of benzene rings is 2. The van der Waals surface area contributed by atoms with Gasteiger partial charge in [-0.25, -0.2) is 4.98 Å². The minimum Gasteiger partial charge on any atom is -0.296 e. The molecule has 0 radical (unpaired) electrons. The highest BCUT2D eigenvalue weighted by molar-refractivity contribution is 6.14. The van der Waals surface area contributed by atoms with Gasteiger partial charge in [0.15, 0.2) is 0 Å². The minimum absolute atomic E-state index is 1.09. The average Bonchev–Trinajstić information content (AvgIpc) is 2.91. The van der Waals surface area contributed by atoms with Gasteiger partial charge in [-0.15, -0.1) is 0 Å². The molecule has 0 atom stereocenters. The first-order valence-electron chi connectivity index (χ1n) is 7.14. The second-order valence-corrected chi connectivity index (χ2v) is 5.72. The van der Waals surface area contributed by atoms with Crippen molar-refractivity contribution in [2.45, 2.75) is 19.8 Å². The van der Waals surface area contributed by atoms with Gasteiger partial charge in [-0.2, -0.15) is 0 Å². The number of aryl methyl sites for hydroxylation is 3. The molecule has 0 amide bonds. The Hall–Kier alpha value is -2.35. The van der Waals surface area contributed by atoms with Crippen LogP contribution in [0.15, 0.2) is 42.6 Å². The molecule has 4 aromatic rings. The molecule has 2 heteroatoms. The van der Waals surface area contributed by atoms with E-state index in [1.54, 1.807) is 0 Å². The highest BCUT2D eigenvalue weighted by Gasteiger charge is 2.19. The summed E-state index contributed by atoms with van der Waals surface area (Å²) in [5.41, 5.74) is 6.59. The molecule has 5 rings (SSSR count). The van der Waals surface area contributed by atoms with Gasteiger partial charge < -0.3 is 0 Å². The first kappa shape index (κ1) is 10.4. The maximum Gasteiger partial charge on any atom is 0.145 e. The third kappa shape index (κ3) is 1.08. The molecule has 0 N–H and O–H groups in total. The van der Waals surface area contributed by atoms with Crippen LogP contribution < -0.4 is 0 Å². The fourth-order valence-corrected chi connectivity index (χ4v) is 3.74. The second-order valence-electron chi connectivity index (χ2n) is 5.72. The molecular weight excluding hydrogens is 244 g/mol. The van der Waals surface area contributed by atoms with E-state index in [0.29, 0.717) is 0 Å². The van der Waals surface area contributed by atoms with Crippen LogP contribution in [-0.2, 0) is 12.8 Å². The molecule has 2 aromatic heterocycles. The Morgan fingerprint density at radius 2 is 1.85 bits per heavy atom. The van der Waals surface area contributed by atoms with Crippen molar-refractivity contribution in [1.29, 1.82) is 0 Å². The highest BCUT2D eigenvalue weighted by atomic mass is 15.0. The number of hydrogen-bond donors (Lipinski definition) is 0. The zero-order valence-electron chi connectivity index (χ0n) is 11.4. The predicted octanol–water partition coefficient (Wildman–Crippen LogP) is 4.05. The molecule has 0 fully saturated rings. The van der Waals surface area contributed by atoms with Crippen molar-refractivity contribution in [2.75, 3.05) is 0 Å². The lowest BCUT2D eigenvalue weighted by Gasteiger charge is -2.18. The Bertz CT molecular complexity index is 1010. The molecule has 20 heavy (non-hydrogen) atoms. The summed E-state index contributed by atoms with van der Waals surface area (Å²) in [6.07, 6.45) is 4.26. The summed E-state index contributed by atoms with van der Waals surface area (Å²) >= 11 is 0. The summed E-state index contributed by atoms with van der Waals surface area (Å²) in [4.78, 5) is 4.71. The van der Waals surface area contributed by atoms with Gasteiger partial charge in [0.25, 0.3) is 0 Å². The van der Waals surface area contributed by atoms with Gasteiger partial charge in [0.05, 0.1) is 5.52 Å². The standard InChI is InChI=1S/C18H14N2/c1-11-4-2-7-15-16(11)14-6-3-5-12-8-9-13-10-19-18(15)20(13)17(12)14/h2-7,10H,8-9H2,1H3. The Morgan fingerprint density at radius 1 is 1.00 bits per heavy atom. The van der Waals surface area contributed by atoms with Crippen molar-refractivity contribution in [1.82, 2.24) is 9.38 Å². The molecule has 1 aliphatic rings. The van der Waals surface area contributed by atoms with Crippen molar-refractivity contribution < 1.29 is 0 Å². The minimum atomic E-state index is 1.09. The normalized spacial score (nSPS) is 13.8.